The van der Waals surface area contributed by atoms with Gasteiger partial charge < -0.3 is 15.8 Å². The lowest BCUT2D eigenvalue weighted by molar-refractivity contribution is -0.126. The molecule has 0 aliphatic carbocycles. The molecule has 0 radical (unpaired) electrons. The van der Waals surface area contributed by atoms with Crippen molar-refractivity contribution in [2.45, 2.75) is 26.8 Å². The van der Waals surface area contributed by atoms with Crippen molar-refractivity contribution in [2.24, 2.45) is 17.6 Å². The van der Waals surface area contributed by atoms with Gasteiger partial charge in [0.15, 0.2) is 0 Å². The van der Waals surface area contributed by atoms with Crippen molar-refractivity contribution < 1.29 is 9.53 Å². The molecule has 4 nitrogen and oxygen atoms in total. The Bertz CT molecular complexity index is 418. The predicted molar refractivity (Wildman–Crippen MR) is 76.9 cm³/mol. The fourth-order valence-electron chi connectivity index (χ4n) is 2.00. The normalized spacial score (nSPS) is 14.0. The van der Waals surface area contributed by atoms with E-state index in [2.05, 4.69) is 5.32 Å². The van der Waals surface area contributed by atoms with E-state index in [4.69, 9.17) is 10.5 Å². The molecule has 2 atom stereocenters. The Balaban J connectivity index is 2.73. The van der Waals surface area contributed by atoms with Gasteiger partial charge in [0.05, 0.1) is 19.1 Å². The second kappa shape index (κ2) is 7.14. The minimum atomic E-state index is -0.145. The highest BCUT2D eigenvalue weighted by Gasteiger charge is 2.22. The molecule has 1 amide bonds. The molecule has 0 aliphatic rings. The molecule has 4 heteroatoms. The molecule has 1 aromatic carbocycles. The van der Waals surface area contributed by atoms with Crippen LogP contribution in [-0.4, -0.2) is 19.6 Å². The van der Waals surface area contributed by atoms with Crippen molar-refractivity contribution in [3.8, 4) is 5.75 Å². The van der Waals surface area contributed by atoms with Gasteiger partial charge in [0.2, 0.25) is 5.91 Å². The van der Waals surface area contributed by atoms with Crippen LogP contribution >= 0.6 is 0 Å². The van der Waals surface area contributed by atoms with E-state index in [1.54, 1.807) is 7.11 Å². The molecule has 3 N–H and O–H groups in total. The maximum absolute atomic E-state index is 12.1. The summed E-state index contributed by atoms with van der Waals surface area (Å²) in [7, 11) is 1.63. The smallest absolute Gasteiger partial charge is 0.225 e. The van der Waals surface area contributed by atoms with Crippen LogP contribution in [0.15, 0.2) is 24.3 Å². The van der Waals surface area contributed by atoms with E-state index in [0.717, 1.165) is 11.3 Å². The van der Waals surface area contributed by atoms with Crippen LogP contribution in [0.1, 0.15) is 32.4 Å². The minimum Gasteiger partial charge on any atom is -0.497 e. The Kier molecular flexibility index (Phi) is 5.83. The fourth-order valence-corrected chi connectivity index (χ4v) is 2.00. The van der Waals surface area contributed by atoms with Crippen LogP contribution in [-0.2, 0) is 4.79 Å². The summed E-state index contributed by atoms with van der Waals surface area (Å²) in [5.74, 6) is 0.890. The number of hydrogen-bond donors (Lipinski definition) is 2. The molecule has 0 spiro atoms. The standard InChI is InChI=1S/C15H24N2O2/c1-10(2)14(9-16)15(18)17-11(3)12-6-5-7-13(8-12)19-4/h5-8,10-11,14H,9,16H2,1-4H3,(H,17,18)/t11-,14?/m0/s1. The monoisotopic (exact) mass is 264 g/mol. The number of nitrogens with one attached hydrogen (secondary N) is 1. The van der Waals surface area contributed by atoms with Crippen molar-refractivity contribution in [1.82, 2.24) is 5.32 Å². The topological polar surface area (TPSA) is 64.3 Å². The molecule has 0 aliphatic heterocycles. The summed E-state index contributed by atoms with van der Waals surface area (Å²) >= 11 is 0. The van der Waals surface area contributed by atoms with E-state index >= 15 is 0 Å². The number of ether oxygens (including phenoxy) is 1. The third-order valence-corrected chi connectivity index (χ3v) is 3.35. The summed E-state index contributed by atoms with van der Waals surface area (Å²) in [5.41, 5.74) is 6.67. The van der Waals surface area contributed by atoms with Gasteiger partial charge in [0.25, 0.3) is 0 Å². The van der Waals surface area contributed by atoms with E-state index < -0.39 is 0 Å². The van der Waals surface area contributed by atoms with E-state index in [9.17, 15) is 4.79 Å². The summed E-state index contributed by atoms with van der Waals surface area (Å²) in [6.45, 7) is 6.34. The molecular weight excluding hydrogens is 240 g/mol. The summed E-state index contributed by atoms with van der Waals surface area (Å²) < 4.78 is 5.18. The summed E-state index contributed by atoms with van der Waals surface area (Å²) in [5, 5.41) is 3.01. The van der Waals surface area contributed by atoms with Gasteiger partial charge in [-0.1, -0.05) is 26.0 Å². The summed E-state index contributed by atoms with van der Waals surface area (Å²) in [4.78, 5) is 12.1. The van der Waals surface area contributed by atoms with Crippen LogP contribution in [0.4, 0.5) is 0 Å². The Morgan fingerprint density at radius 1 is 1.37 bits per heavy atom. The van der Waals surface area contributed by atoms with Gasteiger partial charge in [0, 0.05) is 6.54 Å². The SMILES string of the molecule is COc1cccc([C@H](C)NC(=O)C(CN)C(C)C)c1. The zero-order valence-electron chi connectivity index (χ0n) is 12.1. The van der Waals surface area contributed by atoms with Crippen molar-refractivity contribution in [3.05, 3.63) is 29.8 Å². The molecule has 0 heterocycles. The second-order valence-electron chi connectivity index (χ2n) is 5.09. The van der Waals surface area contributed by atoms with Crippen LogP contribution in [0.25, 0.3) is 0 Å². The van der Waals surface area contributed by atoms with Gasteiger partial charge in [-0.3, -0.25) is 4.79 Å². The van der Waals surface area contributed by atoms with Gasteiger partial charge in [0.1, 0.15) is 5.75 Å². The van der Waals surface area contributed by atoms with Crippen molar-refractivity contribution in [1.29, 1.82) is 0 Å². The highest BCUT2D eigenvalue weighted by Crippen LogP contribution is 2.19. The lowest BCUT2D eigenvalue weighted by Crippen LogP contribution is -2.39. The van der Waals surface area contributed by atoms with Crippen LogP contribution in [0.5, 0.6) is 5.75 Å². The highest BCUT2D eigenvalue weighted by atomic mass is 16.5. The number of rotatable bonds is 6. The average molecular weight is 264 g/mol. The molecule has 19 heavy (non-hydrogen) atoms. The molecule has 1 unspecified atom stereocenters. The molecular formula is C15H24N2O2. The summed E-state index contributed by atoms with van der Waals surface area (Å²) in [6.07, 6.45) is 0. The number of benzene rings is 1. The fraction of sp³-hybridized carbons (Fsp3) is 0.533. The van der Waals surface area contributed by atoms with Crippen LogP contribution in [0, 0.1) is 11.8 Å². The second-order valence-corrected chi connectivity index (χ2v) is 5.09. The quantitative estimate of drug-likeness (QED) is 0.827. The number of carbonyl (C=O) groups excluding carboxylic acids is 1. The third kappa shape index (κ3) is 4.24. The molecule has 106 valence electrons. The van der Waals surface area contributed by atoms with Gasteiger partial charge in [-0.15, -0.1) is 0 Å². The minimum absolute atomic E-state index is 0.00724. The number of hydrogen-bond acceptors (Lipinski definition) is 3. The number of amides is 1. The van der Waals surface area contributed by atoms with Crippen molar-refractivity contribution in [2.75, 3.05) is 13.7 Å². The lowest BCUT2D eigenvalue weighted by atomic mass is 9.94. The summed E-state index contributed by atoms with van der Waals surface area (Å²) in [6, 6.07) is 7.64. The molecule has 1 rings (SSSR count). The molecule has 0 bridgehead atoms. The first-order chi connectivity index (χ1) is 8.99. The van der Waals surface area contributed by atoms with Crippen LogP contribution < -0.4 is 15.8 Å². The maximum atomic E-state index is 12.1. The zero-order valence-corrected chi connectivity index (χ0v) is 12.1. The Hall–Kier alpha value is -1.55. The zero-order chi connectivity index (χ0) is 14.4. The van der Waals surface area contributed by atoms with Crippen LogP contribution in [0.3, 0.4) is 0 Å². The van der Waals surface area contributed by atoms with Gasteiger partial charge in [-0.05, 0) is 30.5 Å². The molecule has 0 fully saturated rings. The van der Waals surface area contributed by atoms with Crippen molar-refractivity contribution in [3.63, 3.8) is 0 Å². The Morgan fingerprint density at radius 3 is 2.58 bits per heavy atom. The van der Waals surface area contributed by atoms with E-state index in [0.29, 0.717) is 6.54 Å². The van der Waals surface area contributed by atoms with E-state index in [-0.39, 0.29) is 23.8 Å². The number of carbonyl (C=O) groups is 1. The Morgan fingerprint density at radius 2 is 2.05 bits per heavy atom. The first kappa shape index (κ1) is 15.5. The van der Waals surface area contributed by atoms with Gasteiger partial charge in [-0.25, -0.2) is 0 Å². The first-order valence-electron chi connectivity index (χ1n) is 6.64. The van der Waals surface area contributed by atoms with Gasteiger partial charge in [-0.2, -0.15) is 0 Å². The van der Waals surface area contributed by atoms with E-state index in [1.807, 2.05) is 45.0 Å². The Labute approximate surface area is 115 Å². The molecule has 0 saturated carbocycles. The number of nitrogens with two attached hydrogens (primary N) is 1. The molecule has 1 aromatic rings. The maximum Gasteiger partial charge on any atom is 0.225 e. The van der Waals surface area contributed by atoms with Crippen molar-refractivity contribution >= 4 is 5.91 Å². The molecule has 0 saturated heterocycles. The largest absolute Gasteiger partial charge is 0.497 e. The lowest BCUT2D eigenvalue weighted by Gasteiger charge is -2.22. The van der Waals surface area contributed by atoms with Gasteiger partial charge >= 0.3 is 0 Å². The third-order valence-electron chi connectivity index (χ3n) is 3.35. The van der Waals surface area contributed by atoms with Crippen LogP contribution in [0.2, 0.25) is 0 Å². The first-order valence-corrected chi connectivity index (χ1v) is 6.64. The van der Waals surface area contributed by atoms with E-state index in [1.165, 1.54) is 0 Å². The number of methoxy groups -OCH3 is 1. The molecule has 0 aromatic heterocycles. The highest BCUT2D eigenvalue weighted by molar-refractivity contribution is 5.79. The predicted octanol–water partition coefficient (Wildman–Crippen LogP) is 2.10. The average Bonchev–Trinajstić information content (AvgIpc) is 2.39.